The molecule has 0 rings (SSSR count). The van der Waals surface area contributed by atoms with Crippen molar-refractivity contribution in [3.63, 3.8) is 0 Å². The van der Waals surface area contributed by atoms with Crippen LogP contribution in [0.3, 0.4) is 0 Å². The summed E-state index contributed by atoms with van der Waals surface area (Å²) in [6.07, 6.45) is 46.8. The summed E-state index contributed by atoms with van der Waals surface area (Å²) in [5.41, 5.74) is 0. The molecule has 0 aliphatic heterocycles. The van der Waals surface area contributed by atoms with Crippen LogP contribution in [0.2, 0.25) is 0 Å². The third-order valence-corrected chi connectivity index (χ3v) is 7.91. The molecule has 0 fully saturated rings. The normalized spacial score (nSPS) is 11.0. The largest absolute Gasteiger partial charge is 0.0654 e. The highest BCUT2D eigenvalue weighted by molar-refractivity contribution is 4.50. The summed E-state index contributed by atoms with van der Waals surface area (Å²) in [4.78, 5) is 0. The predicted octanol–water partition coefficient (Wildman–Crippen LogP) is 14.5. The Morgan fingerprint density at radius 1 is 0.139 bits per heavy atom. The number of unbranched alkanes of at least 4 members (excludes halogenated alkanes) is 30. The molecule has 0 aromatic rings. The van der Waals surface area contributed by atoms with Crippen LogP contribution in [0.25, 0.3) is 0 Å². The van der Waals surface area contributed by atoms with Crippen LogP contribution >= 0.6 is 0 Å². The standard InChI is InChI=1S/C20H42.C16H34/c1-3-5-7-9-11-13-15-17-19-20-18-16-14-12-10-8-6-4-2;1-3-5-7-9-11-13-15-16-14-12-10-8-6-4-2/h3-20H2,1-2H3;3-16H2,1-2H3. The first kappa shape index (κ1) is 38.1. The molecule has 0 radical (unpaired) electrons. The molecule has 0 aromatic carbocycles. The lowest BCUT2D eigenvalue weighted by atomic mass is 10.0. The summed E-state index contributed by atoms with van der Waals surface area (Å²) in [7, 11) is 0. The van der Waals surface area contributed by atoms with Crippen LogP contribution in [0, 0.1) is 0 Å². The molecule has 0 saturated heterocycles. The van der Waals surface area contributed by atoms with E-state index in [4.69, 9.17) is 0 Å². The smallest absolute Gasteiger partial charge is 0.0533 e. The molecule has 0 heterocycles. The molecule has 0 nitrogen and oxygen atoms in total. The SMILES string of the molecule is CCCCCCCCCCCCCCCC.CCCCCCCCCCCCCCCCCCCC. The van der Waals surface area contributed by atoms with Gasteiger partial charge in [-0.3, -0.25) is 0 Å². The fourth-order valence-electron chi connectivity index (χ4n) is 5.24. The van der Waals surface area contributed by atoms with E-state index in [-0.39, 0.29) is 0 Å². The number of rotatable bonds is 30. The zero-order valence-corrected chi connectivity index (χ0v) is 26.6. The average Bonchev–Trinajstić information content (AvgIpc) is 2.89. The molecular weight excluding hydrogens is 432 g/mol. The van der Waals surface area contributed by atoms with Crippen molar-refractivity contribution >= 4 is 0 Å². The maximum absolute atomic E-state index is 2.30. The van der Waals surface area contributed by atoms with E-state index < -0.39 is 0 Å². The molecule has 0 spiro atoms. The van der Waals surface area contributed by atoms with Crippen LogP contribution in [-0.2, 0) is 0 Å². The maximum Gasteiger partial charge on any atom is -0.0533 e. The second kappa shape index (κ2) is 39.5. The number of hydrogen-bond acceptors (Lipinski definition) is 0. The van der Waals surface area contributed by atoms with Gasteiger partial charge < -0.3 is 0 Å². The van der Waals surface area contributed by atoms with Crippen molar-refractivity contribution in [1.29, 1.82) is 0 Å². The molecule has 0 atom stereocenters. The molecule has 0 unspecified atom stereocenters. The highest BCUT2D eigenvalue weighted by Crippen LogP contribution is 2.15. The molecule has 0 aromatic heterocycles. The summed E-state index contributed by atoms with van der Waals surface area (Å²) in [5.74, 6) is 0. The minimum Gasteiger partial charge on any atom is -0.0654 e. The highest BCUT2D eigenvalue weighted by atomic mass is 14.0. The molecule has 0 aliphatic rings. The summed E-state index contributed by atoms with van der Waals surface area (Å²) in [6, 6.07) is 0. The van der Waals surface area contributed by atoms with E-state index in [0.717, 1.165) is 0 Å². The minimum atomic E-state index is 1.37. The van der Waals surface area contributed by atoms with E-state index >= 15 is 0 Å². The van der Waals surface area contributed by atoms with Gasteiger partial charge in [0.2, 0.25) is 0 Å². The quantitative estimate of drug-likeness (QED) is 0.0846. The van der Waals surface area contributed by atoms with Gasteiger partial charge in [-0.2, -0.15) is 0 Å². The van der Waals surface area contributed by atoms with Gasteiger partial charge in [0.1, 0.15) is 0 Å². The molecule has 0 heteroatoms. The fraction of sp³-hybridized carbons (Fsp3) is 1.00. The minimum absolute atomic E-state index is 1.37. The van der Waals surface area contributed by atoms with Crippen LogP contribution in [0.15, 0.2) is 0 Å². The fourth-order valence-corrected chi connectivity index (χ4v) is 5.24. The van der Waals surface area contributed by atoms with E-state index in [2.05, 4.69) is 27.7 Å². The number of hydrogen-bond donors (Lipinski definition) is 0. The third kappa shape index (κ3) is 41.1. The first-order chi connectivity index (χ1) is 17.8. The molecular formula is C36H76. The molecule has 0 bridgehead atoms. The van der Waals surface area contributed by atoms with Crippen LogP contribution in [0.4, 0.5) is 0 Å². The van der Waals surface area contributed by atoms with Gasteiger partial charge in [0.15, 0.2) is 0 Å². The second-order valence-corrected chi connectivity index (χ2v) is 11.9. The van der Waals surface area contributed by atoms with E-state index in [9.17, 15) is 0 Å². The van der Waals surface area contributed by atoms with Crippen molar-refractivity contribution in [3.05, 3.63) is 0 Å². The van der Waals surface area contributed by atoms with Crippen molar-refractivity contribution in [2.24, 2.45) is 0 Å². The average molecular weight is 509 g/mol. The Hall–Kier alpha value is 0. The van der Waals surface area contributed by atoms with Gasteiger partial charge in [-0.1, -0.05) is 233 Å². The van der Waals surface area contributed by atoms with Crippen molar-refractivity contribution in [2.45, 2.75) is 233 Å². The summed E-state index contributed by atoms with van der Waals surface area (Å²) in [5, 5.41) is 0. The monoisotopic (exact) mass is 509 g/mol. The van der Waals surface area contributed by atoms with Gasteiger partial charge in [0.05, 0.1) is 0 Å². The molecule has 0 amide bonds. The van der Waals surface area contributed by atoms with E-state index in [0.29, 0.717) is 0 Å². The van der Waals surface area contributed by atoms with Crippen molar-refractivity contribution < 1.29 is 0 Å². The lowest BCUT2D eigenvalue weighted by Gasteiger charge is -2.03. The Morgan fingerprint density at radius 3 is 0.306 bits per heavy atom. The first-order valence-corrected chi connectivity index (χ1v) is 17.8. The van der Waals surface area contributed by atoms with Crippen molar-refractivity contribution in [2.75, 3.05) is 0 Å². The van der Waals surface area contributed by atoms with Crippen LogP contribution in [-0.4, -0.2) is 0 Å². The predicted molar refractivity (Wildman–Crippen MR) is 170 cm³/mol. The van der Waals surface area contributed by atoms with Gasteiger partial charge in [0.25, 0.3) is 0 Å². The topological polar surface area (TPSA) is 0 Å². The van der Waals surface area contributed by atoms with Gasteiger partial charge in [-0.25, -0.2) is 0 Å². The summed E-state index contributed by atoms with van der Waals surface area (Å²) >= 11 is 0. The first-order valence-electron chi connectivity index (χ1n) is 17.8. The summed E-state index contributed by atoms with van der Waals surface area (Å²) < 4.78 is 0. The second-order valence-electron chi connectivity index (χ2n) is 11.9. The maximum atomic E-state index is 2.30. The lowest BCUT2D eigenvalue weighted by molar-refractivity contribution is 0.526. The molecule has 0 aliphatic carbocycles. The molecule has 0 saturated carbocycles. The Bertz CT molecular complexity index is 288. The van der Waals surface area contributed by atoms with E-state index in [1.807, 2.05) is 0 Å². The van der Waals surface area contributed by atoms with Gasteiger partial charge in [-0.15, -0.1) is 0 Å². The molecule has 220 valence electrons. The molecule has 36 heavy (non-hydrogen) atoms. The Kier molecular flexibility index (Phi) is 41.9. The Balaban J connectivity index is 0. The van der Waals surface area contributed by atoms with Crippen molar-refractivity contribution in [1.82, 2.24) is 0 Å². The molecule has 0 N–H and O–H groups in total. The van der Waals surface area contributed by atoms with E-state index in [1.165, 1.54) is 205 Å². The van der Waals surface area contributed by atoms with E-state index in [1.54, 1.807) is 0 Å². The van der Waals surface area contributed by atoms with Gasteiger partial charge in [-0.05, 0) is 0 Å². The van der Waals surface area contributed by atoms with Gasteiger partial charge >= 0.3 is 0 Å². The van der Waals surface area contributed by atoms with Crippen LogP contribution < -0.4 is 0 Å². The van der Waals surface area contributed by atoms with Crippen molar-refractivity contribution in [3.8, 4) is 0 Å². The lowest BCUT2D eigenvalue weighted by Crippen LogP contribution is -1.83. The summed E-state index contributed by atoms with van der Waals surface area (Å²) in [6.45, 7) is 9.17. The highest BCUT2D eigenvalue weighted by Gasteiger charge is 1.95. The van der Waals surface area contributed by atoms with Crippen LogP contribution in [0.5, 0.6) is 0 Å². The zero-order chi connectivity index (χ0) is 26.6. The zero-order valence-electron chi connectivity index (χ0n) is 26.6. The third-order valence-electron chi connectivity index (χ3n) is 7.91. The Morgan fingerprint density at radius 2 is 0.222 bits per heavy atom. The van der Waals surface area contributed by atoms with Gasteiger partial charge in [0, 0.05) is 0 Å². The Labute approximate surface area is 233 Å². The van der Waals surface area contributed by atoms with Crippen LogP contribution in [0.1, 0.15) is 233 Å².